The van der Waals surface area contributed by atoms with Crippen LogP contribution in [0.15, 0.2) is 6.33 Å². The molecule has 0 atom stereocenters. The van der Waals surface area contributed by atoms with Crippen molar-refractivity contribution in [1.29, 1.82) is 0 Å². The van der Waals surface area contributed by atoms with Crippen LogP contribution in [0.5, 0.6) is 0 Å². The van der Waals surface area contributed by atoms with Crippen LogP contribution in [0, 0.1) is 0 Å². The van der Waals surface area contributed by atoms with Gasteiger partial charge in [-0.3, -0.25) is 0 Å². The molecule has 0 spiro atoms. The lowest BCUT2D eigenvalue weighted by Crippen LogP contribution is -2.45. The molecule has 2 aliphatic carbocycles. The number of fused-ring (bicyclic) bond motifs is 1. The van der Waals surface area contributed by atoms with Crippen molar-refractivity contribution in [2.24, 2.45) is 0 Å². The highest BCUT2D eigenvalue weighted by Gasteiger charge is 2.37. The van der Waals surface area contributed by atoms with Crippen molar-refractivity contribution in [2.75, 3.05) is 19.0 Å². The molecule has 17 heavy (non-hydrogen) atoms. The average Bonchev–Trinajstić information content (AvgIpc) is 2.77. The van der Waals surface area contributed by atoms with Crippen LogP contribution in [-0.2, 0) is 17.6 Å². The van der Waals surface area contributed by atoms with E-state index in [0.29, 0.717) is 0 Å². The predicted molar refractivity (Wildman–Crippen MR) is 66.1 cm³/mol. The first-order chi connectivity index (χ1) is 8.33. The Bertz CT molecular complexity index is 410. The van der Waals surface area contributed by atoms with Gasteiger partial charge < -0.3 is 10.1 Å². The summed E-state index contributed by atoms with van der Waals surface area (Å²) >= 11 is 0. The molecule has 1 aromatic heterocycles. The summed E-state index contributed by atoms with van der Waals surface area (Å²) in [6.45, 7) is 0.868. The van der Waals surface area contributed by atoms with Crippen molar-refractivity contribution in [2.45, 2.75) is 44.1 Å². The van der Waals surface area contributed by atoms with Gasteiger partial charge in [-0.25, -0.2) is 9.97 Å². The highest BCUT2D eigenvalue weighted by molar-refractivity contribution is 5.48. The first-order valence-corrected chi connectivity index (χ1v) is 6.45. The molecule has 0 bridgehead atoms. The van der Waals surface area contributed by atoms with E-state index in [2.05, 4.69) is 15.3 Å². The smallest absolute Gasteiger partial charge is 0.132 e. The number of nitrogens with zero attached hydrogens (tertiary/aromatic N) is 2. The topological polar surface area (TPSA) is 47.0 Å². The Morgan fingerprint density at radius 1 is 1.29 bits per heavy atom. The van der Waals surface area contributed by atoms with Crippen molar-refractivity contribution in [3.63, 3.8) is 0 Å². The van der Waals surface area contributed by atoms with Crippen molar-refractivity contribution in [3.05, 3.63) is 17.6 Å². The Kier molecular flexibility index (Phi) is 2.74. The number of hydrogen-bond acceptors (Lipinski definition) is 4. The second kappa shape index (κ2) is 4.26. The maximum atomic E-state index is 5.61. The Morgan fingerprint density at radius 3 is 2.88 bits per heavy atom. The van der Waals surface area contributed by atoms with Crippen LogP contribution in [0.1, 0.15) is 36.9 Å². The second-order valence-electron chi connectivity index (χ2n) is 5.10. The summed E-state index contributed by atoms with van der Waals surface area (Å²) in [5.41, 5.74) is 2.59. The third-order valence-electron chi connectivity index (χ3n) is 4.15. The molecule has 0 radical (unpaired) electrons. The van der Waals surface area contributed by atoms with Crippen molar-refractivity contribution in [3.8, 4) is 0 Å². The maximum Gasteiger partial charge on any atom is 0.132 e. The van der Waals surface area contributed by atoms with E-state index in [1.807, 2.05) is 7.11 Å². The van der Waals surface area contributed by atoms with E-state index >= 15 is 0 Å². The van der Waals surface area contributed by atoms with Gasteiger partial charge in [0.15, 0.2) is 0 Å². The zero-order chi connectivity index (χ0) is 11.7. The first kappa shape index (κ1) is 11.0. The number of aromatic nitrogens is 2. The minimum absolute atomic E-state index is 0.0520. The summed E-state index contributed by atoms with van der Waals surface area (Å²) in [5, 5.41) is 3.46. The highest BCUT2D eigenvalue weighted by atomic mass is 16.5. The van der Waals surface area contributed by atoms with Crippen molar-refractivity contribution < 1.29 is 4.74 Å². The normalized spacial score (nSPS) is 20.8. The van der Waals surface area contributed by atoms with E-state index in [-0.39, 0.29) is 5.60 Å². The molecule has 0 amide bonds. The summed E-state index contributed by atoms with van der Waals surface area (Å²) in [6, 6.07) is 0. The van der Waals surface area contributed by atoms with E-state index < -0.39 is 0 Å². The molecule has 4 heteroatoms. The van der Waals surface area contributed by atoms with Crippen LogP contribution in [0.3, 0.4) is 0 Å². The monoisotopic (exact) mass is 233 g/mol. The summed E-state index contributed by atoms with van der Waals surface area (Å²) in [7, 11) is 1.81. The number of rotatable bonds is 4. The highest BCUT2D eigenvalue weighted by Crippen LogP contribution is 2.35. The minimum Gasteiger partial charge on any atom is -0.376 e. The average molecular weight is 233 g/mol. The van der Waals surface area contributed by atoms with Gasteiger partial charge in [0.25, 0.3) is 0 Å². The quantitative estimate of drug-likeness (QED) is 0.863. The molecular formula is C13H19N3O. The molecule has 92 valence electrons. The molecule has 1 N–H and O–H groups in total. The van der Waals surface area contributed by atoms with E-state index in [1.165, 1.54) is 24.1 Å². The summed E-state index contributed by atoms with van der Waals surface area (Å²) < 4.78 is 5.61. The van der Waals surface area contributed by atoms with Gasteiger partial charge in [-0.05, 0) is 38.5 Å². The Hall–Kier alpha value is -1.16. The van der Waals surface area contributed by atoms with Gasteiger partial charge in [0.1, 0.15) is 12.1 Å². The third-order valence-corrected chi connectivity index (χ3v) is 4.15. The van der Waals surface area contributed by atoms with Crippen LogP contribution >= 0.6 is 0 Å². The van der Waals surface area contributed by atoms with Crippen LogP contribution in [0.25, 0.3) is 0 Å². The number of anilines is 1. The van der Waals surface area contributed by atoms with Gasteiger partial charge in [-0.15, -0.1) is 0 Å². The molecule has 2 aliphatic rings. The minimum atomic E-state index is 0.0520. The van der Waals surface area contributed by atoms with E-state index in [0.717, 1.165) is 38.0 Å². The Labute approximate surface area is 102 Å². The summed E-state index contributed by atoms with van der Waals surface area (Å²) in [6.07, 6.45) is 8.68. The molecular weight excluding hydrogens is 214 g/mol. The standard InChI is InChI=1S/C13H19N3O/c1-17-13(6-3-7-13)8-14-12-10-4-2-5-11(10)15-9-16-12/h9H,2-8H2,1H3,(H,14,15,16). The number of aryl methyl sites for hydroxylation is 1. The van der Waals surface area contributed by atoms with Gasteiger partial charge in [0.2, 0.25) is 0 Å². The van der Waals surface area contributed by atoms with Crippen LogP contribution < -0.4 is 5.32 Å². The van der Waals surface area contributed by atoms with E-state index in [1.54, 1.807) is 6.33 Å². The van der Waals surface area contributed by atoms with Gasteiger partial charge >= 0.3 is 0 Å². The fraction of sp³-hybridized carbons (Fsp3) is 0.692. The van der Waals surface area contributed by atoms with Gasteiger partial charge in [-0.2, -0.15) is 0 Å². The Morgan fingerprint density at radius 2 is 2.18 bits per heavy atom. The molecule has 1 fully saturated rings. The second-order valence-corrected chi connectivity index (χ2v) is 5.10. The van der Waals surface area contributed by atoms with Gasteiger partial charge in [0, 0.05) is 24.9 Å². The molecule has 0 aliphatic heterocycles. The molecule has 1 saturated carbocycles. The lowest BCUT2D eigenvalue weighted by atomic mass is 9.80. The SMILES string of the molecule is COC1(CNc2ncnc3c2CCC3)CCC1. The zero-order valence-corrected chi connectivity index (χ0v) is 10.3. The largest absolute Gasteiger partial charge is 0.376 e. The van der Waals surface area contributed by atoms with E-state index in [4.69, 9.17) is 4.74 Å². The third kappa shape index (κ3) is 1.90. The van der Waals surface area contributed by atoms with E-state index in [9.17, 15) is 0 Å². The molecule has 4 nitrogen and oxygen atoms in total. The molecule has 0 unspecified atom stereocenters. The van der Waals surface area contributed by atoms with Gasteiger partial charge in [0.05, 0.1) is 5.60 Å². The molecule has 0 aromatic carbocycles. The van der Waals surface area contributed by atoms with Crippen molar-refractivity contribution in [1.82, 2.24) is 9.97 Å². The maximum absolute atomic E-state index is 5.61. The predicted octanol–water partition coefficient (Wildman–Crippen LogP) is 1.95. The lowest BCUT2D eigenvalue weighted by molar-refractivity contribution is -0.0601. The fourth-order valence-electron chi connectivity index (χ4n) is 2.78. The zero-order valence-electron chi connectivity index (χ0n) is 10.3. The number of hydrogen-bond donors (Lipinski definition) is 1. The molecule has 1 heterocycles. The number of methoxy groups -OCH3 is 1. The summed E-state index contributed by atoms with van der Waals surface area (Å²) in [5.74, 6) is 1.02. The lowest BCUT2D eigenvalue weighted by Gasteiger charge is -2.40. The fourth-order valence-corrected chi connectivity index (χ4v) is 2.78. The van der Waals surface area contributed by atoms with Gasteiger partial charge in [-0.1, -0.05) is 0 Å². The Balaban J connectivity index is 1.71. The number of ether oxygens (including phenoxy) is 1. The molecule has 0 saturated heterocycles. The van der Waals surface area contributed by atoms with Crippen LogP contribution in [0.2, 0.25) is 0 Å². The number of nitrogens with one attached hydrogen (secondary N) is 1. The molecule has 1 aromatic rings. The first-order valence-electron chi connectivity index (χ1n) is 6.45. The van der Waals surface area contributed by atoms with Crippen LogP contribution in [0.4, 0.5) is 5.82 Å². The van der Waals surface area contributed by atoms with Crippen LogP contribution in [-0.4, -0.2) is 29.2 Å². The van der Waals surface area contributed by atoms with Crippen molar-refractivity contribution >= 4 is 5.82 Å². The summed E-state index contributed by atoms with van der Waals surface area (Å²) in [4.78, 5) is 8.70. The molecule has 3 rings (SSSR count).